The number of piperazine rings is 1. The number of rotatable bonds is 3. The van der Waals surface area contributed by atoms with Gasteiger partial charge in [-0.05, 0) is 6.92 Å². The van der Waals surface area contributed by atoms with E-state index < -0.39 is 6.55 Å². The van der Waals surface area contributed by atoms with Crippen molar-refractivity contribution in [1.29, 1.82) is 0 Å². The summed E-state index contributed by atoms with van der Waals surface area (Å²) < 4.78 is 26.1. The maximum Gasteiger partial charge on any atom is 0.319 e. The first kappa shape index (κ1) is 17.6. The lowest BCUT2D eigenvalue weighted by atomic mass is 10.2. The van der Waals surface area contributed by atoms with E-state index in [1.807, 2.05) is 0 Å². The van der Waals surface area contributed by atoms with Crippen molar-refractivity contribution < 1.29 is 8.78 Å². The Balaban J connectivity index is 0.00000144. The molecule has 1 aromatic heterocycles. The monoisotopic (exact) mass is 302 g/mol. The van der Waals surface area contributed by atoms with Crippen molar-refractivity contribution in [2.24, 2.45) is 0 Å². The Labute approximate surface area is 118 Å². The van der Waals surface area contributed by atoms with Gasteiger partial charge in [-0.25, -0.2) is 4.98 Å². The summed E-state index contributed by atoms with van der Waals surface area (Å²) >= 11 is 0. The fraction of sp³-hybridized carbons (Fsp3) is 0.700. The van der Waals surface area contributed by atoms with Crippen molar-refractivity contribution in [1.82, 2.24) is 19.8 Å². The van der Waals surface area contributed by atoms with Crippen LogP contribution in [-0.4, -0.2) is 40.1 Å². The van der Waals surface area contributed by atoms with Crippen LogP contribution in [0.2, 0.25) is 0 Å². The van der Waals surface area contributed by atoms with Crippen LogP contribution in [0.15, 0.2) is 12.4 Å². The molecule has 1 fully saturated rings. The Morgan fingerprint density at radius 1 is 1.50 bits per heavy atom. The van der Waals surface area contributed by atoms with E-state index in [1.54, 1.807) is 0 Å². The lowest BCUT2D eigenvalue weighted by Crippen LogP contribution is -2.49. The number of hydrogen-bond acceptors (Lipinski definition) is 3. The number of alkyl halides is 2. The van der Waals surface area contributed by atoms with Crippen LogP contribution in [0.25, 0.3) is 0 Å². The third-order valence-corrected chi connectivity index (χ3v) is 2.94. The minimum Gasteiger partial charge on any atom is -0.314 e. The van der Waals surface area contributed by atoms with Gasteiger partial charge in [-0.15, -0.1) is 24.8 Å². The molecule has 0 saturated carbocycles. The van der Waals surface area contributed by atoms with Crippen LogP contribution < -0.4 is 5.32 Å². The van der Waals surface area contributed by atoms with E-state index in [1.165, 1.54) is 12.4 Å². The normalized spacial score (nSPS) is 20.3. The lowest BCUT2D eigenvalue weighted by molar-refractivity contribution is 0.0612. The van der Waals surface area contributed by atoms with E-state index in [9.17, 15) is 8.78 Å². The third-order valence-electron chi connectivity index (χ3n) is 2.94. The molecule has 1 aliphatic heterocycles. The molecule has 1 atom stereocenters. The molecule has 0 unspecified atom stereocenters. The molecule has 8 heteroatoms. The summed E-state index contributed by atoms with van der Waals surface area (Å²) in [7, 11) is 0. The van der Waals surface area contributed by atoms with Gasteiger partial charge in [0.15, 0.2) is 0 Å². The minimum absolute atomic E-state index is 0. The molecular formula is C10H18Cl2F2N4. The Kier molecular flexibility index (Phi) is 7.70. The molecule has 0 radical (unpaired) electrons. The summed E-state index contributed by atoms with van der Waals surface area (Å²) in [6.45, 7) is 2.74. The van der Waals surface area contributed by atoms with E-state index in [2.05, 4.69) is 22.1 Å². The zero-order valence-corrected chi connectivity index (χ0v) is 11.7. The third kappa shape index (κ3) is 4.05. The van der Waals surface area contributed by atoms with Crippen molar-refractivity contribution in [3.8, 4) is 0 Å². The number of halogens is 4. The van der Waals surface area contributed by atoms with Crippen molar-refractivity contribution in [3.05, 3.63) is 18.2 Å². The van der Waals surface area contributed by atoms with Crippen LogP contribution in [0, 0.1) is 0 Å². The Bertz CT molecular complexity index is 348. The van der Waals surface area contributed by atoms with E-state index in [0.717, 1.165) is 24.2 Å². The molecule has 0 spiro atoms. The van der Waals surface area contributed by atoms with Crippen LogP contribution in [0.3, 0.4) is 0 Å². The van der Waals surface area contributed by atoms with Gasteiger partial charge < -0.3 is 5.32 Å². The molecule has 2 rings (SSSR count). The van der Waals surface area contributed by atoms with Gasteiger partial charge in [0.1, 0.15) is 5.82 Å². The number of nitrogens with one attached hydrogen (secondary N) is 1. The number of imidazole rings is 1. The summed E-state index contributed by atoms with van der Waals surface area (Å²) in [5.74, 6) is 0.434. The standard InChI is InChI=1S/C10H16F2N4.2ClH/c1-8-6-13-2-4-15(8)7-9-14-3-5-16(9)10(11)12;;/h3,5,8,10,13H,2,4,6-7H2,1H3;2*1H/t8-;;/m0../s1. The molecule has 4 nitrogen and oxygen atoms in total. The first-order valence-corrected chi connectivity index (χ1v) is 5.43. The van der Waals surface area contributed by atoms with Crippen molar-refractivity contribution in [3.63, 3.8) is 0 Å². The zero-order chi connectivity index (χ0) is 11.5. The minimum atomic E-state index is -2.50. The average molecular weight is 303 g/mol. The molecule has 18 heavy (non-hydrogen) atoms. The predicted molar refractivity (Wildman–Crippen MR) is 70.7 cm³/mol. The number of aromatic nitrogens is 2. The van der Waals surface area contributed by atoms with Gasteiger partial charge >= 0.3 is 6.55 Å². The Morgan fingerprint density at radius 2 is 2.22 bits per heavy atom. The number of hydrogen-bond donors (Lipinski definition) is 1. The highest BCUT2D eigenvalue weighted by molar-refractivity contribution is 5.85. The van der Waals surface area contributed by atoms with Crippen molar-refractivity contribution in [2.45, 2.75) is 26.1 Å². The van der Waals surface area contributed by atoms with Crippen LogP contribution in [0.1, 0.15) is 19.3 Å². The molecule has 1 aliphatic rings. The van der Waals surface area contributed by atoms with Gasteiger partial charge in [-0.3, -0.25) is 9.47 Å². The van der Waals surface area contributed by atoms with Gasteiger partial charge in [0.2, 0.25) is 0 Å². The van der Waals surface area contributed by atoms with Crippen molar-refractivity contribution >= 4 is 24.8 Å². The van der Waals surface area contributed by atoms with Gasteiger partial charge in [0.25, 0.3) is 0 Å². The van der Waals surface area contributed by atoms with Crippen LogP contribution >= 0.6 is 24.8 Å². The van der Waals surface area contributed by atoms with Gasteiger partial charge in [-0.2, -0.15) is 8.78 Å². The maximum absolute atomic E-state index is 12.6. The topological polar surface area (TPSA) is 33.1 Å². The summed E-state index contributed by atoms with van der Waals surface area (Å²) in [5, 5.41) is 3.26. The highest BCUT2D eigenvalue weighted by atomic mass is 35.5. The first-order chi connectivity index (χ1) is 7.68. The smallest absolute Gasteiger partial charge is 0.314 e. The van der Waals surface area contributed by atoms with Crippen LogP contribution in [0.4, 0.5) is 8.78 Å². The summed E-state index contributed by atoms with van der Waals surface area (Å²) in [6, 6.07) is 0.358. The summed E-state index contributed by atoms with van der Waals surface area (Å²) in [4.78, 5) is 6.15. The van der Waals surface area contributed by atoms with Gasteiger partial charge in [0.05, 0.1) is 6.54 Å². The Morgan fingerprint density at radius 3 is 2.83 bits per heavy atom. The largest absolute Gasteiger partial charge is 0.319 e. The molecule has 1 aromatic rings. The quantitative estimate of drug-likeness (QED) is 0.926. The SMILES string of the molecule is C[C@H]1CNCCN1Cc1nccn1C(F)F.Cl.Cl. The summed E-state index contributed by atoms with van der Waals surface area (Å²) in [5.41, 5.74) is 0. The highest BCUT2D eigenvalue weighted by Crippen LogP contribution is 2.15. The second-order valence-electron chi connectivity index (χ2n) is 4.05. The van der Waals surface area contributed by atoms with Crippen LogP contribution in [-0.2, 0) is 6.54 Å². The molecular weight excluding hydrogens is 285 g/mol. The Hall–Kier alpha value is -0.430. The molecule has 0 amide bonds. The maximum atomic E-state index is 12.6. The van der Waals surface area contributed by atoms with E-state index in [-0.39, 0.29) is 24.8 Å². The highest BCUT2D eigenvalue weighted by Gasteiger charge is 2.21. The first-order valence-electron chi connectivity index (χ1n) is 5.43. The fourth-order valence-electron chi connectivity index (χ4n) is 1.94. The number of nitrogens with zero attached hydrogens (tertiary/aromatic N) is 3. The van der Waals surface area contributed by atoms with Crippen molar-refractivity contribution in [2.75, 3.05) is 19.6 Å². The molecule has 106 valence electrons. The van der Waals surface area contributed by atoms with E-state index in [4.69, 9.17) is 0 Å². The van der Waals surface area contributed by atoms with Crippen LogP contribution in [0.5, 0.6) is 0 Å². The second-order valence-corrected chi connectivity index (χ2v) is 4.05. The van der Waals surface area contributed by atoms with Gasteiger partial charge in [0, 0.05) is 38.1 Å². The predicted octanol–water partition coefficient (Wildman–Crippen LogP) is 1.92. The van der Waals surface area contributed by atoms with E-state index >= 15 is 0 Å². The second kappa shape index (κ2) is 7.89. The zero-order valence-electron chi connectivity index (χ0n) is 10.1. The molecule has 2 heterocycles. The molecule has 0 bridgehead atoms. The molecule has 0 aliphatic carbocycles. The lowest BCUT2D eigenvalue weighted by Gasteiger charge is -2.33. The fourth-order valence-corrected chi connectivity index (χ4v) is 1.94. The molecule has 0 aromatic carbocycles. The van der Waals surface area contributed by atoms with E-state index in [0.29, 0.717) is 18.4 Å². The summed E-state index contributed by atoms with van der Waals surface area (Å²) in [6.07, 6.45) is 2.75. The van der Waals surface area contributed by atoms with Gasteiger partial charge in [-0.1, -0.05) is 0 Å². The molecule has 1 N–H and O–H groups in total. The average Bonchev–Trinajstić information content (AvgIpc) is 2.69. The molecule has 1 saturated heterocycles.